The molecule has 1 aliphatic carbocycles. The van der Waals surface area contributed by atoms with Crippen LogP contribution in [0.1, 0.15) is 59.3 Å². The first-order chi connectivity index (χ1) is 25.9. The molecule has 0 radical (unpaired) electrons. The maximum Gasteiger partial charge on any atom is 0.410 e. The summed E-state index contributed by atoms with van der Waals surface area (Å²) in [5, 5.41) is 46.0. The molecule has 2 saturated heterocycles. The molecule has 2 amide bonds. The SMILES string of the molecule is CC(C)(C)OC(=O)N1CCC[C@H](O)[C@H]1C[C@H](O)CN1C=NC2C=C(Br)C(Cl)=CC2C1=O.Cl.Cl.O=c1c2cc(Cl)c(Br)cc2ncn1C[C@@H](O)C[C@H]1NCCC[C@@H]1O. The van der Waals surface area contributed by atoms with E-state index in [0.29, 0.717) is 55.7 Å². The number of hydrogen-bond donors (Lipinski definition) is 5. The first-order valence-corrected chi connectivity index (χ1v) is 20.6. The molecule has 4 heterocycles. The Morgan fingerprint density at radius 3 is 2.39 bits per heavy atom. The number of nitrogens with one attached hydrogen (secondary N) is 1. The van der Waals surface area contributed by atoms with Crippen molar-refractivity contribution in [3.8, 4) is 0 Å². The number of ether oxygens (including phenoxy) is 1. The second-order valence-corrected chi connectivity index (χ2v) is 17.8. The van der Waals surface area contributed by atoms with Gasteiger partial charge in [0.25, 0.3) is 5.56 Å². The summed E-state index contributed by atoms with van der Waals surface area (Å²) < 4.78 is 8.22. The third-order valence-corrected chi connectivity index (χ3v) is 12.3. The van der Waals surface area contributed by atoms with Gasteiger partial charge in [-0.15, -0.1) is 24.8 Å². The average Bonchev–Trinajstić information content (AvgIpc) is 3.10. The van der Waals surface area contributed by atoms with Crippen LogP contribution in [-0.4, -0.2) is 126 Å². The second kappa shape index (κ2) is 21.6. The van der Waals surface area contributed by atoms with Crippen LogP contribution in [0.5, 0.6) is 0 Å². The molecule has 0 saturated carbocycles. The van der Waals surface area contributed by atoms with Crippen LogP contribution < -0.4 is 10.9 Å². The monoisotopic (exact) mass is 1000 g/mol. The molecule has 4 aliphatic rings. The number of β-amino-alcohol motifs (C(OH)–C–C–N with tert-alkyl or cyclic N) is 1. The van der Waals surface area contributed by atoms with Gasteiger partial charge in [-0.2, -0.15) is 0 Å². The molecule has 2 unspecified atom stereocenters. The smallest absolute Gasteiger partial charge is 0.410 e. The van der Waals surface area contributed by atoms with Crippen molar-refractivity contribution in [2.75, 3.05) is 19.6 Å². The molecule has 0 bridgehead atoms. The zero-order chi connectivity index (χ0) is 40.2. The van der Waals surface area contributed by atoms with Crippen molar-refractivity contribution >= 4 is 109 Å². The van der Waals surface area contributed by atoms with E-state index >= 15 is 0 Å². The number of piperidine rings is 2. The summed E-state index contributed by atoms with van der Waals surface area (Å²) in [4.78, 5) is 49.5. The van der Waals surface area contributed by atoms with Crippen LogP contribution >= 0.6 is 79.9 Å². The van der Waals surface area contributed by atoms with Crippen molar-refractivity contribution in [2.24, 2.45) is 10.9 Å². The normalized spacial score (nSPS) is 25.8. The van der Waals surface area contributed by atoms with E-state index in [1.54, 1.807) is 45.1 Å². The number of halogens is 6. The van der Waals surface area contributed by atoms with E-state index in [9.17, 15) is 34.8 Å². The molecule has 6 rings (SSSR count). The molecule has 14 nitrogen and oxygen atoms in total. The number of fused-ring (bicyclic) bond motifs is 2. The van der Waals surface area contributed by atoms with Crippen LogP contribution in [-0.2, 0) is 16.1 Å². The van der Waals surface area contributed by atoms with Gasteiger partial charge in [0.2, 0.25) is 5.91 Å². The minimum atomic E-state index is -0.958. The largest absolute Gasteiger partial charge is 0.444 e. The molecule has 8 atom stereocenters. The van der Waals surface area contributed by atoms with Gasteiger partial charge < -0.3 is 40.3 Å². The van der Waals surface area contributed by atoms with Gasteiger partial charge in [-0.3, -0.25) is 19.1 Å². The van der Waals surface area contributed by atoms with Gasteiger partial charge in [-0.1, -0.05) is 23.2 Å². The fourth-order valence-electron chi connectivity index (χ4n) is 7.07. The molecule has 20 heteroatoms. The molecule has 1 aromatic carbocycles. The van der Waals surface area contributed by atoms with E-state index < -0.39 is 48.1 Å². The number of aromatic nitrogens is 2. The molecule has 57 heavy (non-hydrogen) atoms. The number of amides is 2. The minimum Gasteiger partial charge on any atom is -0.444 e. The van der Waals surface area contributed by atoms with Gasteiger partial charge in [0.1, 0.15) is 5.60 Å². The number of carbonyl (C=O) groups excluding carboxylic acids is 2. The maximum absolute atomic E-state index is 12.9. The number of hydrogen-bond acceptors (Lipinski definition) is 11. The Labute approximate surface area is 370 Å². The van der Waals surface area contributed by atoms with E-state index in [1.807, 2.05) is 0 Å². The third-order valence-electron chi connectivity index (χ3n) is 9.83. The van der Waals surface area contributed by atoms with Crippen molar-refractivity contribution in [1.82, 2.24) is 24.7 Å². The highest BCUT2D eigenvalue weighted by Gasteiger charge is 2.39. The summed E-state index contributed by atoms with van der Waals surface area (Å²) in [5.74, 6) is -0.730. The topological polar surface area (TPSA) is 190 Å². The molecule has 0 spiro atoms. The summed E-state index contributed by atoms with van der Waals surface area (Å²) in [5.41, 5.74) is -0.356. The number of aliphatic imine (C=N–C) groups is 1. The van der Waals surface area contributed by atoms with Crippen LogP contribution in [0.25, 0.3) is 10.9 Å². The number of benzene rings is 1. The predicted octanol–water partition coefficient (Wildman–Crippen LogP) is 5.29. The van der Waals surface area contributed by atoms with E-state index in [-0.39, 0.29) is 67.9 Å². The zero-order valence-electron chi connectivity index (χ0n) is 31.6. The Hall–Kier alpha value is -1.83. The summed E-state index contributed by atoms with van der Waals surface area (Å²) in [6, 6.07) is 2.20. The fourth-order valence-corrected chi connectivity index (χ4v) is 8.16. The Kier molecular flexibility index (Phi) is 18.8. The first kappa shape index (κ1) is 49.5. The van der Waals surface area contributed by atoms with Crippen molar-refractivity contribution in [2.45, 2.75) is 114 Å². The second-order valence-electron chi connectivity index (χ2n) is 15.3. The molecule has 318 valence electrons. The van der Waals surface area contributed by atoms with E-state index in [0.717, 1.165) is 19.4 Å². The molecular weight excluding hydrogens is 958 g/mol. The highest BCUT2D eigenvalue weighted by atomic mass is 79.9. The van der Waals surface area contributed by atoms with Gasteiger partial charge >= 0.3 is 6.09 Å². The number of likely N-dealkylation sites (tertiary alicyclic amines) is 1. The van der Waals surface area contributed by atoms with Gasteiger partial charge in [0, 0.05) is 21.5 Å². The number of rotatable bonds is 8. The Bertz CT molecular complexity index is 1880. The van der Waals surface area contributed by atoms with Gasteiger partial charge in [-0.25, -0.2) is 9.78 Å². The molecule has 5 N–H and O–H groups in total. The highest BCUT2D eigenvalue weighted by Crippen LogP contribution is 2.34. The summed E-state index contributed by atoms with van der Waals surface area (Å²) >= 11 is 18.8. The predicted molar refractivity (Wildman–Crippen MR) is 232 cm³/mol. The fraction of sp³-hybridized carbons (Fsp3) is 0.595. The number of carbonyl (C=O) groups is 2. The van der Waals surface area contributed by atoms with Crippen LogP contribution in [0.4, 0.5) is 4.79 Å². The molecular formula is C37H50Br2Cl4N6O8. The maximum atomic E-state index is 12.9. The van der Waals surface area contributed by atoms with Crippen LogP contribution in [0, 0.1) is 5.92 Å². The molecule has 2 aromatic rings. The lowest BCUT2D eigenvalue weighted by molar-refractivity contribution is -0.132. The van der Waals surface area contributed by atoms with Crippen LogP contribution in [0.3, 0.4) is 0 Å². The third kappa shape index (κ3) is 13.1. The van der Waals surface area contributed by atoms with E-state index in [1.165, 1.54) is 27.0 Å². The Balaban J connectivity index is 0.000000303. The van der Waals surface area contributed by atoms with Crippen molar-refractivity contribution in [3.05, 3.63) is 60.0 Å². The summed E-state index contributed by atoms with van der Waals surface area (Å²) in [6.45, 7) is 6.75. The lowest BCUT2D eigenvalue weighted by Gasteiger charge is -2.41. The Morgan fingerprint density at radius 2 is 1.70 bits per heavy atom. The number of aliphatic hydroxyl groups is 4. The number of allylic oxidation sites excluding steroid dienone is 2. The van der Waals surface area contributed by atoms with Gasteiger partial charge in [-0.05, 0) is 122 Å². The molecule has 2 fully saturated rings. The van der Waals surface area contributed by atoms with Crippen molar-refractivity contribution in [1.29, 1.82) is 0 Å². The Morgan fingerprint density at radius 1 is 1.02 bits per heavy atom. The summed E-state index contributed by atoms with van der Waals surface area (Å²) in [6.07, 6.45) is 6.20. The van der Waals surface area contributed by atoms with Crippen molar-refractivity contribution < 1.29 is 34.8 Å². The number of nitrogens with zero attached hydrogens (tertiary/aromatic N) is 5. The zero-order valence-corrected chi connectivity index (χ0v) is 38.0. The average molecular weight is 1010 g/mol. The van der Waals surface area contributed by atoms with E-state index in [4.69, 9.17) is 27.9 Å². The van der Waals surface area contributed by atoms with E-state index in [2.05, 4.69) is 47.2 Å². The standard InChI is InChI=1S/C21H29BrClN3O5.C16H19BrClN3O3.2ClH/c1-21(2,3)31-20(30)26-6-4-5-18(28)17(26)7-12(27)10-25-11-24-16-9-14(22)15(23)8-13(16)19(25)29;17-11-6-13-10(5-12(11)18)16(24)21(8-20-13)7-9(22)4-14-15(23)2-1-3-19-14;;/h8-9,11-13,16-18,27-28H,4-7,10H2,1-3H3;5-6,8-9,14-15,19,22-23H,1-4,7H2;2*1H/t12-,13?,16?,17+,18-;9-,14+,15-;;/m00../s1. The first-order valence-electron chi connectivity index (χ1n) is 18.3. The lowest BCUT2D eigenvalue weighted by atomic mass is 9.92. The minimum absolute atomic E-state index is 0. The lowest BCUT2D eigenvalue weighted by Crippen LogP contribution is -2.54. The van der Waals surface area contributed by atoms with Gasteiger partial charge in [0.15, 0.2) is 0 Å². The highest BCUT2D eigenvalue weighted by molar-refractivity contribution is 9.12. The van der Waals surface area contributed by atoms with Gasteiger partial charge in [0.05, 0.1) is 89.1 Å². The molecule has 3 aliphatic heterocycles. The van der Waals surface area contributed by atoms with Crippen LogP contribution in [0.2, 0.25) is 5.02 Å². The van der Waals surface area contributed by atoms with Crippen LogP contribution in [0.15, 0.2) is 54.4 Å². The summed E-state index contributed by atoms with van der Waals surface area (Å²) in [7, 11) is 0. The quantitative estimate of drug-likeness (QED) is 0.233. The number of aliphatic hydroxyl groups excluding tert-OH is 4. The molecule has 1 aromatic heterocycles. The van der Waals surface area contributed by atoms with Crippen molar-refractivity contribution in [3.63, 3.8) is 0 Å².